The number of halogens is 3. The summed E-state index contributed by atoms with van der Waals surface area (Å²) < 4.78 is 43.4. The summed E-state index contributed by atoms with van der Waals surface area (Å²) in [5.74, 6) is -4.17. The van der Waals surface area contributed by atoms with Crippen LogP contribution in [0, 0.1) is 5.41 Å². The molecule has 3 amide bonds. The fourth-order valence-electron chi connectivity index (χ4n) is 4.62. The maximum atomic E-state index is 13.6. The summed E-state index contributed by atoms with van der Waals surface area (Å²) in [5, 5.41) is 26.1. The maximum Gasteiger partial charge on any atom is 0.490 e. The highest BCUT2D eigenvalue weighted by Crippen LogP contribution is 2.29. The van der Waals surface area contributed by atoms with Crippen LogP contribution in [0.4, 0.5) is 29.5 Å². The SMILES string of the molecule is CC(=O)Nc1cc(OC(C)=O)cc(-c2cnc(NC(C)C)c(=O)n2CC(=O)NCc2ccc(C(=N)NC(=O)OCc3ccccc3)cc2)c1.O=C(O)C(F)(F)F. The van der Waals surface area contributed by atoms with Crippen molar-refractivity contribution < 1.29 is 51.7 Å². The number of benzene rings is 3. The summed E-state index contributed by atoms with van der Waals surface area (Å²) in [6.07, 6.45) is -4.42. The van der Waals surface area contributed by atoms with Crippen LogP contribution in [0.15, 0.2) is 83.8 Å². The fraction of sp³-hybridized carbons (Fsp3) is 0.243. The first-order chi connectivity index (χ1) is 26.3. The molecule has 0 aliphatic rings. The Morgan fingerprint density at radius 2 is 1.59 bits per heavy atom. The lowest BCUT2D eigenvalue weighted by Gasteiger charge is -2.17. The van der Waals surface area contributed by atoms with E-state index in [-0.39, 0.29) is 54.7 Å². The predicted molar refractivity (Wildman–Crippen MR) is 197 cm³/mol. The molecular weight excluding hydrogens is 743 g/mol. The van der Waals surface area contributed by atoms with Crippen LogP contribution in [0.2, 0.25) is 0 Å². The number of ether oxygens (including phenoxy) is 2. The minimum atomic E-state index is -5.08. The lowest BCUT2D eigenvalue weighted by molar-refractivity contribution is -0.192. The second-order valence-electron chi connectivity index (χ2n) is 12.0. The standard InChI is InChI=1S/C35H37N7O7.C2HF3O2/c1-21(2)39-33-34(46)42(30(18-38-33)27-14-28(40-22(3)43)16-29(15-27)49-23(4)44)19-31(45)37-17-24-10-12-26(13-11-24)32(36)41-35(47)48-20-25-8-6-5-7-9-25;3-2(4,5)1(6)7/h5-16,18,21H,17,19-20H2,1-4H3,(H,37,45)(H,38,39)(H,40,43)(H2,36,41,47);(H,6,7). The second-order valence-corrected chi connectivity index (χ2v) is 12.0. The van der Waals surface area contributed by atoms with E-state index in [1.165, 1.54) is 36.7 Å². The van der Waals surface area contributed by atoms with Gasteiger partial charge in [-0.1, -0.05) is 54.6 Å². The third-order valence-electron chi connectivity index (χ3n) is 6.98. The van der Waals surface area contributed by atoms with E-state index in [2.05, 4.69) is 26.3 Å². The van der Waals surface area contributed by atoms with Gasteiger partial charge in [0.05, 0.1) is 11.9 Å². The minimum absolute atomic E-state index is 0.0420. The van der Waals surface area contributed by atoms with Crippen LogP contribution >= 0.6 is 0 Å². The van der Waals surface area contributed by atoms with E-state index in [0.29, 0.717) is 22.4 Å². The average Bonchev–Trinajstić information content (AvgIpc) is 3.11. The number of hydrogen-bond acceptors (Lipinski definition) is 11. The Morgan fingerprint density at radius 1 is 0.946 bits per heavy atom. The predicted octanol–water partition coefficient (Wildman–Crippen LogP) is 4.82. The van der Waals surface area contributed by atoms with Gasteiger partial charge in [0, 0.05) is 49.3 Å². The maximum absolute atomic E-state index is 13.6. The molecule has 296 valence electrons. The molecule has 0 bridgehead atoms. The zero-order valence-electron chi connectivity index (χ0n) is 30.4. The highest BCUT2D eigenvalue weighted by Gasteiger charge is 2.38. The van der Waals surface area contributed by atoms with E-state index < -0.39 is 35.7 Å². The van der Waals surface area contributed by atoms with E-state index in [1.807, 2.05) is 44.2 Å². The lowest BCUT2D eigenvalue weighted by atomic mass is 10.1. The molecule has 3 aromatic carbocycles. The summed E-state index contributed by atoms with van der Waals surface area (Å²) in [6.45, 7) is 6.04. The van der Waals surface area contributed by atoms with Crippen LogP contribution in [0.5, 0.6) is 5.75 Å². The Labute approximate surface area is 317 Å². The molecule has 0 aliphatic heterocycles. The molecular formula is C37H38F3N7O9. The van der Waals surface area contributed by atoms with Crippen LogP contribution in [0.3, 0.4) is 0 Å². The number of alkyl halides is 3. The van der Waals surface area contributed by atoms with Crippen LogP contribution in [-0.2, 0) is 43.6 Å². The molecule has 56 heavy (non-hydrogen) atoms. The summed E-state index contributed by atoms with van der Waals surface area (Å²) in [5.41, 5.74) is 2.31. The molecule has 0 saturated carbocycles. The van der Waals surface area contributed by atoms with Gasteiger partial charge in [0.15, 0.2) is 5.82 Å². The first-order valence-corrected chi connectivity index (χ1v) is 16.5. The van der Waals surface area contributed by atoms with Crippen molar-refractivity contribution in [2.75, 3.05) is 10.6 Å². The van der Waals surface area contributed by atoms with Crippen LogP contribution in [-0.4, -0.2) is 62.6 Å². The number of carbonyl (C=O) groups excluding carboxylic acids is 4. The first kappa shape index (κ1) is 43.4. The monoisotopic (exact) mass is 781 g/mol. The highest BCUT2D eigenvalue weighted by atomic mass is 19.4. The molecule has 0 fully saturated rings. The number of rotatable bonds is 12. The number of amidine groups is 1. The van der Waals surface area contributed by atoms with Gasteiger partial charge >= 0.3 is 24.2 Å². The van der Waals surface area contributed by atoms with E-state index in [0.717, 1.165) is 5.56 Å². The van der Waals surface area contributed by atoms with Gasteiger partial charge < -0.3 is 30.5 Å². The van der Waals surface area contributed by atoms with Gasteiger partial charge in [0.2, 0.25) is 11.8 Å². The summed E-state index contributed by atoms with van der Waals surface area (Å²) in [6, 6.07) is 20.2. The molecule has 0 aliphatic carbocycles. The van der Waals surface area contributed by atoms with Crippen LogP contribution in [0.25, 0.3) is 11.3 Å². The quantitative estimate of drug-likeness (QED) is 0.0494. The van der Waals surface area contributed by atoms with Gasteiger partial charge in [0.1, 0.15) is 24.7 Å². The molecule has 0 unspecified atom stereocenters. The number of amides is 3. The Kier molecular flexibility index (Phi) is 15.4. The van der Waals surface area contributed by atoms with Crippen molar-refractivity contribution in [2.24, 2.45) is 0 Å². The van der Waals surface area contributed by atoms with Gasteiger partial charge in [-0.3, -0.25) is 34.5 Å². The number of carboxylic acids is 1. The van der Waals surface area contributed by atoms with Crippen molar-refractivity contribution in [1.82, 2.24) is 20.2 Å². The first-order valence-electron chi connectivity index (χ1n) is 16.5. The number of hydrogen-bond donors (Lipinski definition) is 6. The zero-order chi connectivity index (χ0) is 41.6. The molecule has 4 rings (SSSR count). The Bertz CT molecular complexity index is 2090. The third kappa shape index (κ3) is 14.1. The number of alkyl carbamates (subject to hydrolysis) is 1. The summed E-state index contributed by atoms with van der Waals surface area (Å²) in [4.78, 5) is 75.6. The number of carbonyl (C=O) groups is 5. The van der Waals surface area contributed by atoms with Crippen molar-refractivity contribution in [1.29, 1.82) is 5.41 Å². The van der Waals surface area contributed by atoms with E-state index in [4.69, 9.17) is 24.8 Å². The zero-order valence-corrected chi connectivity index (χ0v) is 30.4. The number of aliphatic carboxylic acids is 1. The number of nitrogens with zero attached hydrogens (tertiary/aromatic N) is 2. The number of nitrogens with one attached hydrogen (secondary N) is 5. The number of carboxylic acid groups (broad SMARTS) is 1. The molecule has 4 aromatic rings. The normalized spacial score (nSPS) is 10.6. The molecule has 0 saturated heterocycles. The highest BCUT2D eigenvalue weighted by molar-refractivity contribution is 6.04. The van der Waals surface area contributed by atoms with Crippen molar-refractivity contribution in [3.63, 3.8) is 0 Å². The van der Waals surface area contributed by atoms with Crippen LogP contribution < -0.4 is 31.6 Å². The lowest BCUT2D eigenvalue weighted by Crippen LogP contribution is -2.35. The van der Waals surface area contributed by atoms with Gasteiger partial charge in [-0.05, 0) is 37.1 Å². The van der Waals surface area contributed by atoms with Crippen molar-refractivity contribution in [3.05, 3.63) is 106 Å². The van der Waals surface area contributed by atoms with Crippen molar-refractivity contribution >= 4 is 47.2 Å². The minimum Gasteiger partial charge on any atom is -0.475 e. The number of esters is 1. The molecule has 0 atom stereocenters. The van der Waals surface area contributed by atoms with Gasteiger partial charge in [0.25, 0.3) is 5.56 Å². The molecule has 1 heterocycles. The molecule has 6 N–H and O–H groups in total. The Hall–Kier alpha value is -7.05. The van der Waals surface area contributed by atoms with E-state index in [1.54, 1.807) is 30.3 Å². The van der Waals surface area contributed by atoms with Crippen LogP contribution in [0.1, 0.15) is 44.4 Å². The molecule has 0 spiro atoms. The fourth-order valence-corrected chi connectivity index (χ4v) is 4.62. The topological polar surface area (TPSA) is 231 Å². The molecule has 19 heteroatoms. The van der Waals surface area contributed by atoms with Crippen molar-refractivity contribution in [2.45, 2.75) is 59.6 Å². The Balaban J connectivity index is 0.00000109. The largest absolute Gasteiger partial charge is 0.490 e. The third-order valence-corrected chi connectivity index (χ3v) is 6.98. The summed E-state index contributed by atoms with van der Waals surface area (Å²) >= 11 is 0. The molecule has 1 aromatic heterocycles. The smallest absolute Gasteiger partial charge is 0.475 e. The number of aromatic nitrogens is 2. The van der Waals surface area contributed by atoms with E-state index in [9.17, 15) is 37.1 Å². The van der Waals surface area contributed by atoms with Gasteiger partial charge in [-0.15, -0.1) is 0 Å². The van der Waals surface area contributed by atoms with Crippen molar-refractivity contribution in [3.8, 4) is 17.0 Å². The van der Waals surface area contributed by atoms with Gasteiger partial charge in [-0.25, -0.2) is 14.6 Å². The van der Waals surface area contributed by atoms with E-state index >= 15 is 0 Å². The second kappa shape index (κ2) is 19.9. The average molecular weight is 782 g/mol. The molecule has 0 radical (unpaired) electrons. The number of anilines is 2. The van der Waals surface area contributed by atoms with Gasteiger partial charge in [-0.2, -0.15) is 13.2 Å². The molecule has 16 nitrogen and oxygen atoms in total. The summed E-state index contributed by atoms with van der Waals surface area (Å²) in [7, 11) is 0. The Morgan fingerprint density at radius 3 is 2.16 bits per heavy atom.